The van der Waals surface area contributed by atoms with Crippen molar-refractivity contribution in [1.29, 1.82) is 0 Å². The largest absolute Gasteiger partial charge is 0.295 e. The molecule has 0 radical (unpaired) electrons. The molecule has 1 amide bonds. The molecule has 0 aliphatic carbocycles. The van der Waals surface area contributed by atoms with Crippen molar-refractivity contribution >= 4 is 33.7 Å². The highest BCUT2D eigenvalue weighted by atomic mass is 32.1. The Morgan fingerprint density at radius 3 is 2.81 bits per heavy atom. The molecule has 0 saturated heterocycles. The molecule has 7 nitrogen and oxygen atoms in total. The van der Waals surface area contributed by atoms with Crippen molar-refractivity contribution in [2.45, 2.75) is 13.3 Å². The van der Waals surface area contributed by atoms with Crippen molar-refractivity contribution < 1.29 is 4.79 Å². The molecule has 0 unspecified atom stereocenters. The van der Waals surface area contributed by atoms with E-state index in [0.717, 1.165) is 11.4 Å². The second-order valence-electron chi connectivity index (χ2n) is 3.92. The quantitative estimate of drug-likeness (QED) is 0.793. The van der Waals surface area contributed by atoms with Crippen LogP contribution in [-0.2, 0) is 6.42 Å². The Kier molecular flexibility index (Phi) is 3.93. The smallest absolute Gasteiger partial charge is 0.276 e. The van der Waals surface area contributed by atoms with E-state index in [4.69, 9.17) is 0 Å². The van der Waals surface area contributed by atoms with Crippen molar-refractivity contribution in [2.24, 2.45) is 0 Å². The fourth-order valence-electron chi connectivity index (χ4n) is 1.50. The highest BCUT2D eigenvalue weighted by Gasteiger charge is 2.15. The van der Waals surface area contributed by atoms with Gasteiger partial charge in [0.2, 0.25) is 5.13 Å². The number of hydrogen-bond acceptors (Lipinski definition) is 8. The monoisotopic (exact) mass is 318 g/mol. The van der Waals surface area contributed by atoms with Crippen molar-refractivity contribution in [1.82, 2.24) is 25.1 Å². The van der Waals surface area contributed by atoms with E-state index in [2.05, 4.69) is 30.5 Å². The molecule has 0 fully saturated rings. The number of thiazole rings is 1. The summed E-state index contributed by atoms with van der Waals surface area (Å²) in [4.78, 5) is 24.5. The van der Waals surface area contributed by atoms with Gasteiger partial charge >= 0.3 is 0 Å². The van der Waals surface area contributed by atoms with Crippen LogP contribution < -0.4 is 5.32 Å². The molecule has 106 valence electrons. The van der Waals surface area contributed by atoms with Crippen LogP contribution >= 0.6 is 22.7 Å². The van der Waals surface area contributed by atoms with E-state index in [9.17, 15) is 4.79 Å². The minimum Gasteiger partial charge on any atom is -0.295 e. The number of aryl methyl sites for hydroxylation is 1. The molecule has 0 aliphatic rings. The highest BCUT2D eigenvalue weighted by molar-refractivity contribution is 7.15. The SMILES string of the molecule is CCc1nnc(NC(=O)c2csc(-c3ncccn3)n2)s1. The third-order valence-corrected chi connectivity index (χ3v) is 4.30. The predicted octanol–water partition coefficient (Wildman–Crippen LogP) is 2.27. The van der Waals surface area contributed by atoms with Gasteiger partial charge in [0.15, 0.2) is 10.8 Å². The van der Waals surface area contributed by atoms with Gasteiger partial charge in [-0.25, -0.2) is 15.0 Å². The molecule has 3 aromatic rings. The summed E-state index contributed by atoms with van der Waals surface area (Å²) < 4.78 is 0. The van der Waals surface area contributed by atoms with Gasteiger partial charge in [-0.05, 0) is 12.5 Å². The molecule has 3 rings (SSSR count). The lowest BCUT2D eigenvalue weighted by Crippen LogP contribution is -2.12. The van der Waals surface area contributed by atoms with Crippen LogP contribution in [0.2, 0.25) is 0 Å². The zero-order valence-corrected chi connectivity index (χ0v) is 12.6. The van der Waals surface area contributed by atoms with Crippen LogP contribution in [0.3, 0.4) is 0 Å². The van der Waals surface area contributed by atoms with Gasteiger partial charge in [0.25, 0.3) is 5.91 Å². The number of amides is 1. The molecular formula is C12H10N6OS2. The summed E-state index contributed by atoms with van der Waals surface area (Å²) in [6, 6.07) is 1.73. The van der Waals surface area contributed by atoms with Crippen molar-refractivity contribution in [3.63, 3.8) is 0 Å². The first kappa shape index (κ1) is 13.7. The number of rotatable bonds is 4. The molecule has 1 N–H and O–H groups in total. The number of hydrogen-bond donors (Lipinski definition) is 1. The predicted molar refractivity (Wildman–Crippen MR) is 80.4 cm³/mol. The highest BCUT2D eigenvalue weighted by Crippen LogP contribution is 2.21. The van der Waals surface area contributed by atoms with E-state index in [-0.39, 0.29) is 5.91 Å². The number of carbonyl (C=O) groups is 1. The average Bonchev–Trinajstić information content (AvgIpc) is 3.17. The summed E-state index contributed by atoms with van der Waals surface area (Å²) in [7, 11) is 0. The Morgan fingerprint density at radius 1 is 1.29 bits per heavy atom. The first-order valence-electron chi connectivity index (χ1n) is 6.13. The number of carbonyl (C=O) groups excluding carboxylic acids is 1. The molecule has 3 heterocycles. The minimum absolute atomic E-state index is 0.313. The fourth-order valence-corrected chi connectivity index (χ4v) is 2.92. The standard InChI is InChI=1S/C12H10N6OS2/c1-2-8-17-18-12(21-8)16-10(19)7-6-20-11(15-7)9-13-4-3-5-14-9/h3-6H,2H2,1H3,(H,16,18,19). The van der Waals surface area contributed by atoms with E-state index in [1.807, 2.05) is 6.92 Å². The van der Waals surface area contributed by atoms with E-state index in [0.29, 0.717) is 21.7 Å². The summed E-state index contributed by atoms with van der Waals surface area (Å²) in [6.45, 7) is 1.98. The van der Waals surface area contributed by atoms with E-state index >= 15 is 0 Å². The van der Waals surface area contributed by atoms with Gasteiger partial charge in [0.1, 0.15) is 10.7 Å². The van der Waals surface area contributed by atoms with Crippen molar-refractivity contribution in [2.75, 3.05) is 5.32 Å². The second kappa shape index (κ2) is 6.02. The molecule has 0 aromatic carbocycles. The van der Waals surface area contributed by atoms with E-state index in [1.54, 1.807) is 23.8 Å². The van der Waals surface area contributed by atoms with Crippen LogP contribution in [0.25, 0.3) is 10.8 Å². The number of aromatic nitrogens is 5. The number of anilines is 1. The van der Waals surface area contributed by atoms with Crippen LogP contribution in [0, 0.1) is 0 Å². The average molecular weight is 318 g/mol. The molecule has 0 spiro atoms. The maximum absolute atomic E-state index is 12.1. The topological polar surface area (TPSA) is 93.6 Å². The summed E-state index contributed by atoms with van der Waals surface area (Å²) >= 11 is 2.68. The number of nitrogens with one attached hydrogen (secondary N) is 1. The molecule has 0 aliphatic heterocycles. The maximum Gasteiger partial charge on any atom is 0.276 e. The van der Waals surface area contributed by atoms with Gasteiger partial charge in [-0.2, -0.15) is 0 Å². The normalized spacial score (nSPS) is 10.5. The Balaban J connectivity index is 1.75. The molecule has 21 heavy (non-hydrogen) atoms. The van der Waals surface area contributed by atoms with Gasteiger partial charge in [-0.15, -0.1) is 21.5 Å². The van der Waals surface area contributed by atoms with Gasteiger partial charge in [0.05, 0.1) is 0 Å². The van der Waals surface area contributed by atoms with E-state index in [1.165, 1.54) is 22.7 Å². The lowest BCUT2D eigenvalue weighted by Gasteiger charge is -1.96. The zero-order chi connectivity index (χ0) is 14.7. The molecular weight excluding hydrogens is 308 g/mol. The molecule has 0 bridgehead atoms. The third-order valence-electron chi connectivity index (χ3n) is 2.48. The van der Waals surface area contributed by atoms with Crippen LogP contribution in [0.15, 0.2) is 23.8 Å². The van der Waals surface area contributed by atoms with Crippen LogP contribution in [0.1, 0.15) is 22.4 Å². The lowest BCUT2D eigenvalue weighted by atomic mass is 10.4. The summed E-state index contributed by atoms with van der Waals surface area (Å²) in [6.07, 6.45) is 4.06. The van der Waals surface area contributed by atoms with Gasteiger partial charge in [-0.3, -0.25) is 10.1 Å². The minimum atomic E-state index is -0.313. The van der Waals surface area contributed by atoms with Crippen LogP contribution in [0.5, 0.6) is 0 Å². The molecule has 0 atom stereocenters. The fraction of sp³-hybridized carbons (Fsp3) is 0.167. The van der Waals surface area contributed by atoms with Crippen LogP contribution in [0.4, 0.5) is 5.13 Å². The van der Waals surface area contributed by atoms with E-state index < -0.39 is 0 Å². The Hall–Kier alpha value is -2.26. The first-order chi connectivity index (χ1) is 10.3. The van der Waals surface area contributed by atoms with Gasteiger partial charge in [0, 0.05) is 17.8 Å². The molecule has 9 heteroatoms. The van der Waals surface area contributed by atoms with Crippen molar-refractivity contribution in [3.8, 4) is 10.8 Å². The van der Waals surface area contributed by atoms with Crippen molar-refractivity contribution in [3.05, 3.63) is 34.5 Å². The summed E-state index contributed by atoms with van der Waals surface area (Å²) in [5, 5.41) is 14.2. The van der Waals surface area contributed by atoms with Crippen LogP contribution in [-0.4, -0.2) is 31.1 Å². The first-order valence-corrected chi connectivity index (χ1v) is 7.82. The summed E-state index contributed by atoms with van der Waals surface area (Å²) in [5.74, 6) is 0.193. The Morgan fingerprint density at radius 2 is 2.10 bits per heavy atom. The Labute approximate surface area is 128 Å². The second-order valence-corrected chi connectivity index (χ2v) is 5.84. The lowest BCUT2D eigenvalue weighted by molar-refractivity contribution is 0.102. The maximum atomic E-state index is 12.1. The molecule has 0 saturated carbocycles. The van der Waals surface area contributed by atoms with Gasteiger partial charge in [-0.1, -0.05) is 18.3 Å². The van der Waals surface area contributed by atoms with Gasteiger partial charge < -0.3 is 0 Å². The summed E-state index contributed by atoms with van der Waals surface area (Å²) in [5.41, 5.74) is 0.315. The molecule has 3 aromatic heterocycles. The number of nitrogens with zero attached hydrogens (tertiary/aromatic N) is 5. The Bertz CT molecular complexity index is 754. The third kappa shape index (κ3) is 3.09. The zero-order valence-electron chi connectivity index (χ0n) is 11.0.